The van der Waals surface area contributed by atoms with Crippen LogP contribution in [0, 0.1) is 26.0 Å². The molecule has 4 atom stereocenters. The number of rotatable bonds is 18. The summed E-state index contributed by atoms with van der Waals surface area (Å²) in [7, 11) is 0. The van der Waals surface area contributed by atoms with E-state index in [1.807, 2.05) is 102 Å². The van der Waals surface area contributed by atoms with E-state index in [0.717, 1.165) is 95.9 Å². The zero-order chi connectivity index (χ0) is 70.3. The van der Waals surface area contributed by atoms with Crippen molar-refractivity contribution in [1.82, 2.24) is 19.6 Å². The third kappa shape index (κ3) is 15.5. The smallest absolute Gasteiger partial charge is 0.256 e. The first kappa shape index (κ1) is 75.4. The predicted octanol–water partition coefficient (Wildman–Crippen LogP) is 16.8. The molecule has 522 valence electrons. The van der Waals surface area contributed by atoms with E-state index in [2.05, 4.69) is 120 Å². The van der Waals surface area contributed by atoms with Crippen LogP contribution in [0.25, 0.3) is 0 Å². The Kier molecular flexibility index (Phi) is 23.4. The normalized spacial score (nSPS) is 20.0. The van der Waals surface area contributed by atoms with Gasteiger partial charge >= 0.3 is 0 Å². The molecule has 0 bridgehead atoms. The molecule has 0 N–H and O–H groups in total. The van der Waals surface area contributed by atoms with Crippen molar-refractivity contribution >= 4 is 71.2 Å². The van der Waals surface area contributed by atoms with Crippen molar-refractivity contribution in [1.29, 1.82) is 0 Å². The Bertz CT molecular complexity index is 4520. The van der Waals surface area contributed by atoms with Crippen LogP contribution in [0.1, 0.15) is 193 Å². The van der Waals surface area contributed by atoms with Crippen LogP contribution in [-0.4, -0.2) is 118 Å². The van der Waals surface area contributed by atoms with Crippen LogP contribution in [0.4, 0.5) is 22.7 Å². The van der Waals surface area contributed by atoms with Gasteiger partial charge in [0.05, 0.1) is 46.7 Å². The van der Waals surface area contributed by atoms with Gasteiger partial charge in [-0.15, -0.1) is 24.3 Å². The minimum atomic E-state index is -0.0602. The average molecular weight is 1520 g/mol. The van der Waals surface area contributed by atoms with Crippen LogP contribution >= 0.6 is 0 Å². The molecule has 8 heterocycles. The first-order chi connectivity index (χ1) is 48.2. The first-order valence-corrected chi connectivity index (χ1v) is 35.4. The third-order valence-corrected chi connectivity index (χ3v) is 22.0. The largest absolute Gasteiger partial charge is 0.515 e. The van der Waals surface area contributed by atoms with E-state index in [1.165, 1.54) is 22.3 Å². The van der Waals surface area contributed by atoms with Gasteiger partial charge in [-0.3, -0.25) is 39.1 Å². The molecule has 0 aromatic heterocycles. The molecule has 4 fully saturated rings. The molecule has 2 radical (unpaired) electrons. The molecular weight excluding hydrogens is 1430 g/mol. The second-order valence-corrected chi connectivity index (χ2v) is 28.6. The van der Waals surface area contributed by atoms with Gasteiger partial charge in [0.2, 0.25) is 11.8 Å². The average Bonchev–Trinajstić information content (AvgIpc) is 1.61. The summed E-state index contributed by atoms with van der Waals surface area (Å²) in [5, 5.41) is 0. The molecule has 0 aliphatic carbocycles. The van der Waals surface area contributed by atoms with Gasteiger partial charge in [0.15, 0.2) is 0 Å². The Morgan fingerprint density at radius 1 is 0.441 bits per heavy atom. The molecule has 0 spiro atoms. The molecular formula is C84H90N8O8Y2-2. The molecule has 0 unspecified atom stereocenters. The number of allylic oxidation sites excluding steroid dienone is 2. The molecule has 6 aromatic rings. The van der Waals surface area contributed by atoms with Crippen LogP contribution in [-0.2, 0) is 103 Å². The van der Waals surface area contributed by atoms with Crippen molar-refractivity contribution in [2.45, 2.75) is 182 Å². The molecule has 0 saturated carbocycles. The number of ether oxygens (including phenoxy) is 4. The van der Waals surface area contributed by atoms with Crippen molar-refractivity contribution in [3.8, 4) is 23.0 Å². The summed E-state index contributed by atoms with van der Waals surface area (Å²) >= 11 is 0. The van der Waals surface area contributed by atoms with Gasteiger partial charge in [-0.2, -0.15) is 12.1 Å². The maximum Gasteiger partial charge on any atom is 0.256 e. The molecule has 18 heteroatoms. The van der Waals surface area contributed by atoms with Crippen LogP contribution in [0.15, 0.2) is 153 Å². The van der Waals surface area contributed by atoms with E-state index in [-0.39, 0.29) is 124 Å². The van der Waals surface area contributed by atoms with E-state index in [0.29, 0.717) is 121 Å². The number of aliphatic imine (C=N–C) groups is 4. The number of hydrogen-bond donors (Lipinski definition) is 0. The number of carbonyl (C=O) groups is 4. The maximum atomic E-state index is 13.5. The zero-order valence-corrected chi connectivity index (χ0v) is 66.3. The Hall–Kier alpha value is -7.75. The summed E-state index contributed by atoms with van der Waals surface area (Å²) in [4.78, 5) is 79.7. The number of carbonyl (C=O) groups excluding carboxylic acids is 4. The molecule has 102 heavy (non-hydrogen) atoms. The van der Waals surface area contributed by atoms with Crippen molar-refractivity contribution in [2.75, 3.05) is 26.2 Å². The number of amides is 4. The van der Waals surface area contributed by atoms with Crippen LogP contribution in [0.5, 0.6) is 23.0 Å². The van der Waals surface area contributed by atoms with Crippen molar-refractivity contribution < 1.29 is 104 Å². The topological polar surface area (TPSA) is 168 Å². The number of aryl methyl sites for hydroxylation is 2. The first-order valence-electron chi connectivity index (χ1n) is 35.4. The molecule has 4 amide bonds. The fourth-order valence-corrected chi connectivity index (χ4v) is 14.7. The Labute approximate surface area is 651 Å². The van der Waals surface area contributed by atoms with Crippen molar-refractivity contribution in [3.05, 3.63) is 211 Å². The minimum absolute atomic E-state index is 0. The zero-order valence-electron chi connectivity index (χ0n) is 60.6. The van der Waals surface area contributed by atoms with Gasteiger partial charge in [-0.1, -0.05) is 113 Å². The molecule has 4 saturated heterocycles. The Morgan fingerprint density at radius 3 is 1.10 bits per heavy atom. The van der Waals surface area contributed by atoms with Gasteiger partial charge in [0.1, 0.15) is 37.9 Å². The van der Waals surface area contributed by atoms with E-state index in [9.17, 15) is 19.2 Å². The molecule has 8 aliphatic rings. The fraction of sp³-hybridized carbons (Fsp3) is 0.381. The molecule has 14 rings (SSSR count). The number of hydrogen-bond acceptors (Lipinski definition) is 12. The molecule has 6 aromatic carbocycles. The van der Waals surface area contributed by atoms with Crippen LogP contribution in [0.2, 0.25) is 0 Å². The fourth-order valence-electron chi connectivity index (χ4n) is 14.7. The second kappa shape index (κ2) is 31.7. The monoisotopic (exact) mass is 1520 g/mol. The standard InChI is InChI=1S/C43H47N4O4.C41H43N4O4.2Y/c1-7-28-17-33-21-44-38-19-35(11-12-36(38)41(48)46(33)23-28)50-25-30-14-31(16-32(15-30)43(6,9-3)10-4)26-51-40-20-39-37(13-27(40)5)42(49)47-24-29(8-2)18-34(47)22-45-39;1-7-41(6,8-2)30-15-28(23-48-33-9-10-34-36(17-33)42-19-31-11-25(3)21-44(31)39(34)46)14-29(16-30)24-49-38-18-37-35(13-27(38)5)40(47)45-22-26(4)12-32(45)20-43-37;;/h7-8,12-16,19-22,33-34H,9-10,17-18,23-26H2,1-6H3;10,13-20,31-32H,3-4,7-8,11-12,21-24H2,1-2,5-6H3;;/q2*-1;;/b28-7+,29-8+;;;/t33-,34-;31-,32-;;/m00../s1. The van der Waals surface area contributed by atoms with Gasteiger partial charge < -0.3 is 38.5 Å². The van der Waals surface area contributed by atoms with E-state index >= 15 is 0 Å². The van der Waals surface area contributed by atoms with E-state index in [1.54, 1.807) is 18.2 Å². The van der Waals surface area contributed by atoms with Gasteiger partial charge in [0.25, 0.3) is 11.8 Å². The summed E-state index contributed by atoms with van der Waals surface area (Å²) in [5.74, 6) is 2.42. The van der Waals surface area contributed by atoms with Gasteiger partial charge in [0, 0.05) is 140 Å². The summed E-state index contributed by atoms with van der Waals surface area (Å²) in [5.41, 5.74) is 17.7. The Morgan fingerprint density at radius 2 is 0.755 bits per heavy atom. The predicted molar refractivity (Wildman–Crippen MR) is 395 cm³/mol. The van der Waals surface area contributed by atoms with Crippen molar-refractivity contribution in [3.63, 3.8) is 0 Å². The third-order valence-electron chi connectivity index (χ3n) is 22.0. The summed E-state index contributed by atoms with van der Waals surface area (Å²) in [6.45, 7) is 33.4. The molecule has 16 nitrogen and oxygen atoms in total. The second-order valence-electron chi connectivity index (χ2n) is 28.6. The van der Waals surface area contributed by atoms with Crippen LogP contribution < -0.4 is 18.9 Å². The summed E-state index contributed by atoms with van der Waals surface area (Å²) in [6, 6.07) is 34.0. The van der Waals surface area contributed by atoms with E-state index < -0.39 is 0 Å². The minimum Gasteiger partial charge on any atom is -0.515 e. The molecule has 8 aliphatic heterocycles. The SMILES string of the molecule is C/C=C1\C[C@H]2C=Nc3cc(OCc4cc(COc5cc6c(cc5C)C(=O)N5C/C(=C/C)C[C@H]5C=N6)cc(C(C)(CC)CC)c4)[c-]cc3C(=O)N2C1.C=C1C[C@H]2C=Nc3cc(OCc4cc(COc5cc6c(cc5C)C(=O)N5CC(=C)C[C@H]5C=N6)cc(C(C)(CC)CC)c4)[c-]cc3C(=O)N2C1.[Y].[Y]. The van der Waals surface area contributed by atoms with Crippen molar-refractivity contribution in [2.24, 2.45) is 20.0 Å². The number of nitrogens with zero attached hydrogens (tertiary/aromatic N) is 8. The summed E-state index contributed by atoms with van der Waals surface area (Å²) < 4.78 is 25.5. The van der Waals surface area contributed by atoms with Gasteiger partial charge in [-0.25, -0.2) is 0 Å². The maximum absolute atomic E-state index is 13.5. The quantitative estimate of drug-likeness (QED) is 0.0605. The summed E-state index contributed by atoms with van der Waals surface area (Å²) in [6.07, 6.45) is 18.8. The van der Waals surface area contributed by atoms with Gasteiger partial charge in [-0.05, 0) is 181 Å². The number of fused-ring (bicyclic) bond motifs is 8. The Balaban J connectivity index is 0.000000201. The van der Waals surface area contributed by atoms with E-state index in [4.69, 9.17) is 33.9 Å². The number of benzene rings is 6. The van der Waals surface area contributed by atoms with Crippen LogP contribution in [0.3, 0.4) is 0 Å².